The van der Waals surface area contributed by atoms with Gasteiger partial charge in [-0.25, -0.2) is 0 Å². The van der Waals surface area contributed by atoms with Crippen molar-refractivity contribution >= 4 is 34.6 Å². The number of nitro benzene ring substituents is 1. The third-order valence-corrected chi connectivity index (χ3v) is 5.74. The summed E-state index contributed by atoms with van der Waals surface area (Å²) in [6.07, 6.45) is 2.08. The predicted octanol–water partition coefficient (Wildman–Crippen LogP) is 3.79. The van der Waals surface area contributed by atoms with Gasteiger partial charge in [-0.3, -0.25) is 14.9 Å². The monoisotopic (exact) mass is 430 g/mol. The smallest absolute Gasteiger partial charge is 0.292 e. The van der Waals surface area contributed by atoms with Gasteiger partial charge in [-0.1, -0.05) is 11.6 Å². The minimum Gasteiger partial charge on any atom is -0.495 e. The van der Waals surface area contributed by atoms with E-state index in [-0.39, 0.29) is 16.5 Å². The number of nitrogens with one attached hydrogen (secondary N) is 1. The molecule has 1 aliphatic carbocycles. The van der Waals surface area contributed by atoms with Crippen molar-refractivity contribution in [2.75, 3.05) is 43.5 Å². The largest absolute Gasteiger partial charge is 0.495 e. The van der Waals surface area contributed by atoms with Gasteiger partial charge in [0.1, 0.15) is 11.4 Å². The van der Waals surface area contributed by atoms with Gasteiger partial charge in [-0.05, 0) is 43.2 Å². The molecule has 2 fully saturated rings. The highest BCUT2D eigenvalue weighted by Crippen LogP contribution is 2.34. The van der Waals surface area contributed by atoms with Crippen molar-refractivity contribution in [3.05, 3.63) is 57.1 Å². The first-order valence-corrected chi connectivity index (χ1v) is 10.3. The van der Waals surface area contributed by atoms with Gasteiger partial charge >= 0.3 is 0 Å². The highest BCUT2D eigenvalue weighted by atomic mass is 35.5. The molecule has 2 aliphatic rings. The molecular weight excluding hydrogens is 408 g/mol. The first-order valence-electron chi connectivity index (χ1n) is 9.89. The quantitative estimate of drug-likeness (QED) is 0.554. The molecule has 1 N–H and O–H groups in total. The van der Waals surface area contributed by atoms with Crippen LogP contribution < -0.4 is 15.0 Å². The van der Waals surface area contributed by atoms with E-state index in [1.165, 1.54) is 7.11 Å². The first kappa shape index (κ1) is 20.3. The van der Waals surface area contributed by atoms with Crippen LogP contribution in [0.3, 0.4) is 0 Å². The van der Waals surface area contributed by atoms with E-state index in [4.69, 9.17) is 16.3 Å². The predicted molar refractivity (Wildman–Crippen MR) is 116 cm³/mol. The van der Waals surface area contributed by atoms with Crippen LogP contribution in [0.2, 0.25) is 5.02 Å². The lowest BCUT2D eigenvalue weighted by molar-refractivity contribution is -0.384. The Morgan fingerprint density at radius 1 is 1.17 bits per heavy atom. The van der Waals surface area contributed by atoms with Crippen molar-refractivity contribution in [2.45, 2.75) is 18.9 Å². The van der Waals surface area contributed by atoms with Gasteiger partial charge in [0.15, 0.2) is 0 Å². The van der Waals surface area contributed by atoms with E-state index >= 15 is 0 Å². The molecule has 2 aromatic carbocycles. The Hall–Kier alpha value is -3.00. The van der Waals surface area contributed by atoms with Crippen LogP contribution in [0.15, 0.2) is 36.4 Å². The van der Waals surface area contributed by atoms with Crippen molar-refractivity contribution in [3.63, 3.8) is 0 Å². The topological polar surface area (TPSA) is 88.0 Å². The lowest BCUT2D eigenvalue weighted by Crippen LogP contribution is -2.48. The number of anilines is 2. The average molecular weight is 431 g/mol. The van der Waals surface area contributed by atoms with Gasteiger partial charge in [0.2, 0.25) is 0 Å². The van der Waals surface area contributed by atoms with Crippen LogP contribution in [-0.4, -0.2) is 55.1 Å². The molecule has 1 heterocycles. The summed E-state index contributed by atoms with van der Waals surface area (Å²) >= 11 is 6.15. The van der Waals surface area contributed by atoms with Gasteiger partial charge in [0.05, 0.1) is 17.1 Å². The number of nitrogens with zero attached hydrogens (tertiary/aromatic N) is 3. The van der Waals surface area contributed by atoms with Crippen molar-refractivity contribution in [1.82, 2.24) is 4.90 Å². The number of halogens is 1. The summed E-state index contributed by atoms with van der Waals surface area (Å²) in [5.74, 6) is 0.464. The molecule has 1 amide bonds. The van der Waals surface area contributed by atoms with E-state index in [1.807, 2.05) is 6.07 Å². The number of benzene rings is 2. The molecule has 0 spiro atoms. The van der Waals surface area contributed by atoms with Gasteiger partial charge in [-0.15, -0.1) is 0 Å². The van der Waals surface area contributed by atoms with E-state index in [1.54, 1.807) is 35.2 Å². The molecule has 30 heavy (non-hydrogen) atoms. The molecule has 0 aromatic heterocycles. The maximum absolute atomic E-state index is 12.8. The Morgan fingerprint density at radius 2 is 1.90 bits per heavy atom. The summed E-state index contributed by atoms with van der Waals surface area (Å²) in [5, 5.41) is 15.0. The standard InChI is InChI=1S/C21H23ClN4O4/c1-30-20-7-2-14(12-17(20)22)21(27)25-10-8-24(9-11-25)16-5-6-19(26(28)29)18(13-16)23-15-3-4-15/h2,5-7,12-13,15,23H,3-4,8-11H2,1H3. The van der Waals surface area contributed by atoms with Crippen molar-refractivity contribution < 1.29 is 14.5 Å². The zero-order chi connectivity index (χ0) is 21.3. The number of nitro groups is 1. The molecule has 4 rings (SSSR count). The Balaban J connectivity index is 1.43. The molecular formula is C21H23ClN4O4. The molecule has 9 heteroatoms. The zero-order valence-corrected chi connectivity index (χ0v) is 17.4. The molecule has 158 valence electrons. The van der Waals surface area contributed by atoms with E-state index in [2.05, 4.69) is 10.2 Å². The summed E-state index contributed by atoms with van der Waals surface area (Å²) in [6, 6.07) is 10.5. The molecule has 1 saturated heterocycles. The lowest BCUT2D eigenvalue weighted by atomic mass is 10.1. The highest BCUT2D eigenvalue weighted by Gasteiger charge is 2.27. The van der Waals surface area contributed by atoms with Crippen LogP contribution in [0.1, 0.15) is 23.2 Å². The number of ether oxygens (including phenoxy) is 1. The number of carbonyl (C=O) groups excluding carboxylic acids is 1. The van der Waals surface area contributed by atoms with E-state index in [9.17, 15) is 14.9 Å². The number of carbonyl (C=O) groups is 1. The third kappa shape index (κ3) is 4.28. The van der Waals surface area contributed by atoms with Crippen LogP contribution in [0.4, 0.5) is 17.1 Å². The number of rotatable bonds is 6. The maximum atomic E-state index is 12.8. The molecule has 0 bridgehead atoms. The Morgan fingerprint density at radius 3 is 2.50 bits per heavy atom. The van der Waals surface area contributed by atoms with Crippen LogP contribution in [0.25, 0.3) is 0 Å². The second-order valence-electron chi connectivity index (χ2n) is 7.51. The number of hydrogen-bond donors (Lipinski definition) is 1. The van der Waals surface area contributed by atoms with Gasteiger partial charge in [-0.2, -0.15) is 0 Å². The Kier molecular flexibility index (Phi) is 5.67. The van der Waals surface area contributed by atoms with Crippen LogP contribution in [0.5, 0.6) is 5.75 Å². The average Bonchev–Trinajstić information content (AvgIpc) is 3.57. The highest BCUT2D eigenvalue weighted by molar-refractivity contribution is 6.32. The van der Waals surface area contributed by atoms with Crippen LogP contribution in [0, 0.1) is 10.1 Å². The fourth-order valence-corrected chi connectivity index (χ4v) is 3.85. The molecule has 0 radical (unpaired) electrons. The van der Waals surface area contributed by atoms with Crippen LogP contribution in [-0.2, 0) is 0 Å². The fourth-order valence-electron chi connectivity index (χ4n) is 3.59. The zero-order valence-electron chi connectivity index (χ0n) is 16.6. The van der Waals surface area contributed by atoms with E-state index in [0.717, 1.165) is 18.5 Å². The Labute approximate surface area is 179 Å². The normalized spacial score (nSPS) is 16.3. The molecule has 0 unspecified atom stereocenters. The molecule has 0 atom stereocenters. The fraction of sp³-hybridized carbons (Fsp3) is 0.381. The second-order valence-corrected chi connectivity index (χ2v) is 7.91. The number of piperazine rings is 1. The van der Waals surface area contributed by atoms with Gasteiger partial charge in [0.25, 0.3) is 11.6 Å². The molecule has 2 aromatic rings. The molecule has 1 aliphatic heterocycles. The third-order valence-electron chi connectivity index (χ3n) is 5.44. The summed E-state index contributed by atoms with van der Waals surface area (Å²) in [7, 11) is 1.53. The minimum absolute atomic E-state index is 0.0704. The van der Waals surface area contributed by atoms with E-state index < -0.39 is 0 Å². The maximum Gasteiger partial charge on any atom is 0.292 e. The molecule has 8 nitrogen and oxygen atoms in total. The van der Waals surface area contributed by atoms with Gasteiger partial charge in [0, 0.05) is 49.5 Å². The van der Waals surface area contributed by atoms with E-state index in [0.29, 0.717) is 54.2 Å². The van der Waals surface area contributed by atoms with Gasteiger partial charge < -0.3 is 19.9 Å². The second kappa shape index (κ2) is 8.39. The Bertz CT molecular complexity index is 971. The first-order chi connectivity index (χ1) is 14.5. The molecule has 1 saturated carbocycles. The SMILES string of the molecule is COc1ccc(C(=O)N2CCN(c3ccc([N+](=O)[O-])c(NC4CC4)c3)CC2)cc1Cl. The van der Waals surface area contributed by atoms with Crippen molar-refractivity contribution in [1.29, 1.82) is 0 Å². The van der Waals surface area contributed by atoms with Crippen molar-refractivity contribution in [2.24, 2.45) is 0 Å². The number of amides is 1. The summed E-state index contributed by atoms with van der Waals surface area (Å²) in [4.78, 5) is 27.7. The number of methoxy groups -OCH3 is 1. The summed E-state index contributed by atoms with van der Waals surface area (Å²) in [6.45, 7) is 2.42. The summed E-state index contributed by atoms with van der Waals surface area (Å²) in [5.41, 5.74) is 2.10. The number of hydrogen-bond acceptors (Lipinski definition) is 6. The van der Waals surface area contributed by atoms with Crippen molar-refractivity contribution in [3.8, 4) is 5.75 Å². The lowest BCUT2D eigenvalue weighted by Gasteiger charge is -2.36. The summed E-state index contributed by atoms with van der Waals surface area (Å²) < 4.78 is 5.14. The van der Waals surface area contributed by atoms with Crippen LogP contribution >= 0.6 is 11.6 Å². The minimum atomic E-state index is -0.356.